The molecule has 4 rings (SSSR count). The highest BCUT2D eigenvalue weighted by Crippen LogP contribution is 2.40. The van der Waals surface area contributed by atoms with Gasteiger partial charge in [-0.3, -0.25) is 4.79 Å². The largest absolute Gasteiger partial charge is 0.497 e. The van der Waals surface area contributed by atoms with E-state index in [1.807, 2.05) is 0 Å². The van der Waals surface area contributed by atoms with E-state index in [0.717, 1.165) is 25.6 Å². The summed E-state index contributed by atoms with van der Waals surface area (Å²) in [5, 5.41) is 8.73. The number of nitrogens with zero attached hydrogens (tertiary/aromatic N) is 1. The van der Waals surface area contributed by atoms with Gasteiger partial charge in [0.25, 0.3) is 5.97 Å². The number of nitrogens with two attached hydrogens (primary N) is 1. The third-order valence-corrected chi connectivity index (χ3v) is 5.26. The molecule has 0 bridgehead atoms. The van der Waals surface area contributed by atoms with Crippen LogP contribution in [0.1, 0.15) is 42.5 Å². The van der Waals surface area contributed by atoms with Crippen LogP contribution in [-0.2, 0) is 17.8 Å². The molecule has 5 heteroatoms. The summed E-state index contributed by atoms with van der Waals surface area (Å²) in [6.07, 6.45) is 3.54. The molecular weight excluding hydrogens is 352 g/mol. The van der Waals surface area contributed by atoms with Crippen LogP contribution in [0, 0.1) is 0 Å². The number of aromatic nitrogens is 1. The molecule has 0 saturated carbocycles. The van der Waals surface area contributed by atoms with Gasteiger partial charge in [-0.25, -0.2) is 0 Å². The predicted molar refractivity (Wildman–Crippen MR) is 112 cm³/mol. The predicted octanol–water partition coefficient (Wildman–Crippen LogP) is 4.17. The van der Waals surface area contributed by atoms with E-state index >= 15 is 0 Å². The zero-order chi connectivity index (χ0) is 20.1. The molecule has 1 aromatic heterocycles. The highest BCUT2D eigenvalue weighted by Gasteiger charge is 2.26. The summed E-state index contributed by atoms with van der Waals surface area (Å²) in [6.45, 7) is 2.71. The van der Waals surface area contributed by atoms with Crippen molar-refractivity contribution >= 4 is 16.9 Å². The number of carboxylic acids is 1. The zero-order valence-corrected chi connectivity index (χ0v) is 16.5. The topological polar surface area (TPSA) is 77.5 Å². The summed E-state index contributed by atoms with van der Waals surface area (Å²) >= 11 is 0. The quantitative estimate of drug-likeness (QED) is 0.712. The Bertz CT molecular complexity index is 943. The van der Waals surface area contributed by atoms with Crippen LogP contribution in [0.3, 0.4) is 0 Å². The van der Waals surface area contributed by atoms with Gasteiger partial charge in [0, 0.05) is 30.1 Å². The van der Waals surface area contributed by atoms with E-state index in [2.05, 4.69) is 53.1 Å². The number of aliphatic carboxylic acids is 1. The maximum atomic E-state index is 9.00. The second-order valence-corrected chi connectivity index (χ2v) is 7.16. The van der Waals surface area contributed by atoms with Gasteiger partial charge >= 0.3 is 0 Å². The molecule has 1 unspecified atom stereocenters. The fraction of sp³-hybridized carbons (Fsp3) is 0.348. The molecule has 1 aliphatic rings. The Morgan fingerprint density at radius 2 is 1.96 bits per heavy atom. The lowest BCUT2D eigenvalue weighted by Crippen LogP contribution is -2.19. The molecular formula is C23H28N2O3. The molecule has 2 aromatic carbocycles. The van der Waals surface area contributed by atoms with Crippen molar-refractivity contribution in [2.75, 3.05) is 13.7 Å². The second-order valence-electron chi connectivity index (χ2n) is 7.16. The van der Waals surface area contributed by atoms with Crippen LogP contribution in [0.15, 0.2) is 48.5 Å². The first-order valence-corrected chi connectivity index (χ1v) is 9.67. The van der Waals surface area contributed by atoms with Crippen LogP contribution in [-0.4, -0.2) is 29.3 Å². The normalized spacial score (nSPS) is 15.5. The van der Waals surface area contributed by atoms with Crippen molar-refractivity contribution in [2.45, 2.75) is 38.6 Å². The monoisotopic (exact) mass is 380 g/mol. The number of hydrogen-bond acceptors (Lipinski definition) is 3. The SMILES string of the molecule is CC(=O)O.COc1ccc2c(c1)c1c(n2Cc2ccccc2)CCCC1CN. The van der Waals surface area contributed by atoms with E-state index in [1.165, 1.54) is 40.6 Å². The number of rotatable bonds is 4. The Hall–Kier alpha value is -2.79. The minimum atomic E-state index is -0.833. The highest BCUT2D eigenvalue weighted by atomic mass is 16.5. The molecule has 1 heterocycles. The van der Waals surface area contributed by atoms with Crippen LogP contribution in [0.2, 0.25) is 0 Å². The van der Waals surface area contributed by atoms with Crippen LogP contribution < -0.4 is 10.5 Å². The molecule has 148 valence electrons. The van der Waals surface area contributed by atoms with Crippen molar-refractivity contribution in [3.05, 3.63) is 65.4 Å². The molecule has 5 nitrogen and oxygen atoms in total. The Morgan fingerprint density at radius 1 is 1.25 bits per heavy atom. The van der Waals surface area contributed by atoms with Crippen molar-refractivity contribution in [2.24, 2.45) is 5.73 Å². The van der Waals surface area contributed by atoms with Crippen molar-refractivity contribution in [1.82, 2.24) is 4.57 Å². The lowest BCUT2D eigenvalue weighted by molar-refractivity contribution is -0.134. The Labute approximate surface area is 165 Å². The van der Waals surface area contributed by atoms with E-state index in [0.29, 0.717) is 12.5 Å². The standard InChI is InChI=1S/C21H24N2O.C2H4O2/c1-24-17-10-11-19-18(12-17)21-16(13-22)8-5-9-20(21)23(19)14-15-6-3-2-4-7-15;1-2(3)4/h2-4,6-7,10-12,16H,5,8-9,13-14,22H2,1H3;1H3,(H,3,4). The van der Waals surface area contributed by atoms with Gasteiger partial charge in [0.05, 0.1) is 7.11 Å². The average molecular weight is 380 g/mol. The first kappa shape index (κ1) is 20.0. The van der Waals surface area contributed by atoms with Crippen LogP contribution in [0.4, 0.5) is 0 Å². The van der Waals surface area contributed by atoms with Gasteiger partial charge in [-0.05, 0) is 61.1 Å². The van der Waals surface area contributed by atoms with Gasteiger partial charge in [-0.2, -0.15) is 0 Å². The fourth-order valence-corrected chi connectivity index (χ4v) is 4.11. The summed E-state index contributed by atoms with van der Waals surface area (Å²) in [7, 11) is 1.73. The van der Waals surface area contributed by atoms with E-state index in [-0.39, 0.29) is 0 Å². The summed E-state index contributed by atoms with van der Waals surface area (Å²) in [4.78, 5) is 9.00. The van der Waals surface area contributed by atoms with E-state index in [1.54, 1.807) is 7.11 Å². The van der Waals surface area contributed by atoms with E-state index in [9.17, 15) is 0 Å². The Morgan fingerprint density at radius 3 is 2.61 bits per heavy atom. The molecule has 0 spiro atoms. The van der Waals surface area contributed by atoms with Gasteiger partial charge in [0.1, 0.15) is 5.75 Å². The summed E-state index contributed by atoms with van der Waals surface area (Å²) < 4.78 is 7.96. The average Bonchev–Trinajstić information content (AvgIpc) is 3.01. The maximum Gasteiger partial charge on any atom is 0.300 e. The van der Waals surface area contributed by atoms with Gasteiger partial charge in [-0.1, -0.05) is 30.3 Å². The molecule has 3 aromatic rings. The highest BCUT2D eigenvalue weighted by molar-refractivity contribution is 5.88. The lowest BCUT2D eigenvalue weighted by Gasteiger charge is -2.23. The lowest BCUT2D eigenvalue weighted by atomic mass is 9.85. The first-order valence-electron chi connectivity index (χ1n) is 9.67. The minimum Gasteiger partial charge on any atom is -0.497 e. The molecule has 0 radical (unpaired) electrons. The summed E-state index contributed by atoms with van der Waals surface area (Å²) in [5.41, 5.74) is 11.6. The first-order chi connectivity index (χ1) is 13.5. The summed E-state index contributed by atoms with van der Waals surface area (Å²) in [6, 6.07) is 17.1. The number of ether oxygens (including phenoxy) is 1. The smallest absolute Gasteiger partial charge is 0.300 e. The van der Waals surface area contributed by atoms with Gasteiger partial charge < -0.3 is 20.1 Å². The number of methoxy groups -OCH3 is 1. The number of fused-ring (bicyclic) bond motifs is 3. The van der Waals surface area contributed by atoms with E-state index < -0.39 is 5.97 Å². The molecule has 0 amide bonds. The molecule has 0 fully saturated rings. The maximum absolute atomic E-state index is 9.00. The molecule has 1 aliphatic carbocycles. The number of benzene rings is 2. The van der Waals surface area contributed by atoms with Crippen molar-refractivity contribution in [1.29, 1.82) is 0 Å². The molecule has 28 heavy (non-hydrogen) atoms. The van der Waals surface area contributed by atoms with Crippen molar-refractivity contribution < 1.29 is 14.6 Å². The number of carbonyl (C=O) groups is 1. The van der Waals surface area contributed by atoms with Crippen molar-refractivity contribution in [3.63, 3.8) is 0 Å². The third-order valence-electron chi connectivity index (χ3n) is 5.26. The molecule has 3 N–H and O–H groups in total. The Balaban J connectivity index is 0.000000516. The van der Waals surface area contributed by atoms with Crippen LogP contribution in [0.25, 0.3) is 10.9 Å². The van der Waals surface area contributed by atoms with Gasteiger partial charge in [0.2, 0.25) is 0 Å². The molecule has 0 saturated heterocycles. The zero-order valence-electron chi connectivity index (χ0n) is 16.5. The third kappa shape index (κ3) is 4.20. The van der Waals surface area contributed by atoms with Gasteiger partial charge in [-0.15, -0.1) is 0 Å². The second kappa shape index (κ2) is 8.93. The van der Waals surface area contributed by atoms with E-state index in [4.69, 9.17) is 20.4 Å². The fourth-order valence-electron chi connectivity index (χ4n) is 4.11. The number of hydrogen-bond donors (Lipinski definition) is 2. The van der Waals surface area contributed by atoms with Crippen LogP contribution >= 0.6 is 0 Å². The van der Waals surface area contributed by atoms with Crippen LogP contribution in [0.5, 0.6) is 5.75 Å². The Kier molecular flexibility index (Phi) is 6.37. The van der Waals surface area contributed by atoms with Crippen molar-refractivity contribution in [3.8, 4) is 5.75 Å². The molecule has 1 atom stereocenters. The van der Waals surface area contributed by atoms with Gasteiger partial charge in [0.15, 0.2) is 0 Å². The molecule has 0 aliphatic heterocycles. The summed E-state index contributed by atoms with van der Waals surface area (Å²) in [5.74, 6) is 0.545. The number of carboxylic acid groups (broad SMARTS) is 1. The minimum absolute atomic E-state index is 0.459.